The number of pyridine rings is 1. The lowest BCUT2D eigenvalue weighted by molar-refractivity contribution is -0.141. The predicted molar refractivity (Wildman–Crippen MR) is 132 cm³/mol. The van der Waals surface area contributed by atoms with Crippen molar-refractivity contribution in [2.24, 2.45) is 5.73 Å². The lowest BCUT2D eigenvalue weighted by Gasteiger charge is -2.14. The topological polar surface area (TPSA) is 117 Å². The smallest absolute Gasteiger partial charge is 0.321 e. The van der Waals surface area contributed by atoms with Crippen LogP contribution >= 0.6 is 11.3 Å². The molecule has 2 aromatic carbocycles. The molecule has 33 heavy (non-hydrogen) atoms. The summed E-state index contributed by atoms with van der Waals surface area (Å²) in [5, 5.41) is 17.6. The first kappa shape index (κ1) is 22.4. The Bertz CT molecular complexity index is 1300. The summed E-state index contributed by atoms with van der Waals surface area (Å²) in [6, 6.07) is 17.4. The van der Waals surface area contributed by atoms with E-state index in [2.05, 4.69) is 40.7 Å². The highest BCUT2D eigenvalue weighted by Crippen LogP contribution is 2.34. The average molecular weight is 461 g/mol. The van der Waals surface area contributed by atoms with Crippen LogP contribution in [0.1, 0.15) is 17.5 Å². The minimum atomic E-state index is -1.11. The van der Waals surface area contributed by atoms with Crippen LogP contribution in [0.3, 0.4) is 0 Å². The van der Waals surface area contributed by atoms with Gasteiger partial charge in [0.05, 0.1) is 16.8 Å². The Kier molecular flexibility index (Phi) is 6.67. The fourth-order valence-electron chi connectivity index (χ4n) is 3.68. The van der Waals surface area contributed by atoms with Gasteiger partial charge in [-0.05, 0) is 41.3 Å². The van der Waals surface area contributed by atoms with E-state index in [-0.39, 0.29) is 13.0 Å². The number of benzene rings is 2. The van der Waals surface area contributed by atoms with Crippen LogP contribution in [0.5, 0.6) is 0 Å². The maximum absolute atomic E-state index is 11.3. The summed E-state index contributed by atoms with van der Waals surface area (Å²) in [7, 11) is 0. The second-order valence-electron chi connectivity index (χ2n) is 7.75. The molecule has 5 N–H and O–H groups in total. The van der Waals surface area contributed by atoms with Crippen molar-refractivity contribution in [3.05, 3.63) is 77.3 Å². The number of hydrogen-bond acceptors (Lipinski definition) is 6. The minimum absolute atomic E-state index is 0.264. The van der Waals surface area contributed by atoms with Crippen LogP contribution in [-0.2, 0) is 16.1 Å². The van der Waals surface area contributed by atoms with Crippen LogP contribution in [0.25, 0.3) is 21.3 Å². The van der Waals surface area contributed by atoms with Gasteiger partial charge < -0.3 is 16.2 Å². The van der Waals surface area contributed by atoms with Crippen molar-refractivity contribution in [3.63, 3.8) is 0 Å². The van der Waals surface area contributed by atoms with Crippen LogP contribution in [0.4, 0.5) is 11.4 Å². The molecule has 4 aromatic rings. The molecule has 0 saturated heterocycles. The molecular formula is C25H24N4O3S. The van der Waals surface area contributed by atoms with Crippen molar-refractivity contribution in [3.8, 4) is 11.1 Å². The number of hydrogen-bond donors (Lipinski definition) is 4. The van der Waals surface area contributed by atoms with Gasteiger partial charge in [0.1, 0.15) is 11.6 Å². The van der Waals surface area contributed by atoms with Gasteiger partial charge in [-0.2, -0.15) is 0 Å². The monoisotopic (exact) mass is 460 g/mol. The first-order valence-electron chi connectivity index (χ1n) is 10.4. The van der Waals surface area contributed by atoms with Crippen LogP contribution in [0.15, 0.2) is 66.2 Å². The number of aliphatic carboxylic acids is 1. The summed E-state index contributed by atoms with van der Waals surface area (Å²) in [6.07, 6.45) is 1.45. The molecule has 2 heterocycles. The van der Waals surface area contributed by atoms with Crippen molar-refractivity contribution in [1.82, 2.24) is 10.3 Å². The maximum Gasteiger partial charge on any atom is 0.321 e. The number of amides is 1. The number of carbonyl (C=O) groups excluding carboxylic acids is 1. The largest absolute Gasteiger partial charge is 0.480 e. The number of anilines is 2. The first-order valence-corrected chi connectivity index (χ1v) is 11.3. The fraction of sp³-hybridized carbons (Fsp3) is 0.160. The summed E-state index contributed by atoms with van der Waals surface area (Å²) >= 11 is 1.56. The van der Waals surface area contributed by atoms with E-state index >= 15 is 0 Å². The standard InChI is InChI=1S/C25H24N4O3S/c1-15-18(17-6-3-2-4-7-17)8-5-9-19(15)29-21-14-33-22-10-16(13-28-24(21)22)12-27-20(25(31)32)11-23(26)30/h2-10,13-14,20,27,29H,11-12H2,1H3,(H2,26,30)(H,31,32). The van der Waals surface area contributed by atoms with Gasteiger partial charge >= 0.3 is 5.97 Å². The molecule has 0 saturated carbocycles. The zero-order chi connectivity index (χ0) is 23.4. The molecule has 1 atom stereocenters. The molecule has 4 rings (SSSR count). The highest BCUT2D eigenvalue weighted by Gasteiger charge is 2.19. The van der Waals surface area contributed by atoms with Gasteiger partial charge in [-0.1, -0.05) is 42.5 Å². The van der Waals surface area contributed by atoms with E-state index in [1.807, 2.05) is 41.8 Å². The number of primary amides is 1. The first-order chi connectivity index (χ1) is 15.9. The zero-order valence-electron chi connectivity index (χ0n) is 18.0. The number of aromatic nitrogens is 1. The lowest BCUT2D eigenvalue weighted by Crippen LogP contribution is -2.39. The van der Waals surface area contributed by atoms with E-state index in [9.17, 15) is 14.7 Å². The molecule has 7 nitrogen and oxygen atoms in total. The van der Waals surface area contributed by atoms with Gasteiger partial charge in [0.2, 0.25) is 5.91 Å². The molecule has 1 amide bonds. The Morgan fingerprint density at radius 2 is 1.91 bits per heavy atom. The molecule has 0 radical (unpaired) electrons. The molecule has 0 bridgehead atoms. The third-order valence-corrected chi connectivity index (χ3v) is 6.33. The SMILES string of the molecule is Cc1c(Nc2csc3cc(CNC(CC(N)=O)C(=O)O)cnc23)cccc1-c1ccccc1. The minimum Gasteiger partial charge on any atom is -0.480 e. The van der Waals surface area contributed by atoms with Gasteiger partial charge in [-0.15, -0.1) is 11.3 Å². The Balaban J connectivity index is 1.53. The second kappa shape index (κ2) is 9.81. The molecule has 0 fully saturated rings. The number of carboxylic acid groups (broad SMARTS) is 1. The summed E-state index contributed by atoms with van der Waals surface area (Å²) in [5.74, 6) is -1.78. The molecule has 0 aliphatic heterocycles. The number of carboxylic acids is 1. The number of rotatable bonds is 9. The third-order valence-electron chi connectivity index (χ3n) is 5.41. The van der Waals surface area contributed by atoms with Crippen LogP contribution < -0.4 is 16.4 Å². The molecule has 0 spiro atoms. The third kappa shape index (κ3) is 5.19. The number of carbonyl (C=O) groups is 2. The summed E-state index contributed by atoms with van der Waals surface area (Å²) in [5.41, 5.74) is 12.2. The van der Waals surface area contributed by atoms with Crippen molar-refractivity contribution < 1.29 is 14.7 Å². The van der Waals surface area contributed by atoms with Crippen LogP contribution in [0.2, 0.25) is 0 Å². The quantitative estimate of drug-likeness (QED) is 0.293. The van der Waals surface area contributed by atoms with Crippen molar-refractivity contribution in [2.75, 3.05) is 5.32 Å². The number of thiophene rings is 1. The molecule has 1 unspecified atom stereocenters. The van der Waals surface area contributed by atoms with Crippen LogP contribution in [-0.4, -0.2) is 28.0 Å². The molecule has 168 valence electrons. The summed E-state index contributed by atoms with van der Waals surface area (Å²) < 4.78 is 0.982. The second-order valence-corrected chi connectivity index (χ2v) is 8.66. The lowest BCUT2D eigenvalue weighted by atomic mass is 9.99. The normalized spacial score (nSPS) is 11.9. The van der Waals surface area contributed by atoms with E-state index in [0.717, 1.165) is 32.7 Å². The van der Waals surface area contributed by atoms with E-state index in [1.165, 1.54) is 11.1 Å². The van der Waals surface area contributed by atoms with Crippen molar-refractivity contribution in [1.29, 1.82) is 0 Å². The van der Waals surface area contributed by atoms with Crippen molar-refractivity contribution in [2.45, 2.75) is 25.9 Å². The highest BCUT2D eigenvalue weighted by molar-refractivity contribution is 7.17. The van der Waals surface area contributed by atoms with Crippen molar-refractivity contribution >= 4 is 44.8 Å². The highest BCUT2D eigenvalue weighted by atomic mass is 32.1. The van der Waals surface area contributed by atoms with E-state index in [0.29, 0.717) is 0 Å². The van der Waals surface area contributed by atoms with Gasteiger partial charge in [0.25, 0.3) is 0 Å². The molecule has 0 aliphatic carbocycles. The van der Waals surface area contributed by atoms with E-state index in [1.54, 1.807) is 17.5 Å². The maximum atomic E-state index is 11.3. The molecule has 0 aliphatic rings. The van der Waals surface area contributed by atoms with Gasteiger partial charge in [-0.25, -0.2) is 0 Å². The molecule has 2 aromatic heterocycles. The number of fused-ring (bicyclic) bond motifs is 1. The Morgan fingerprint density at radius 3 is 2.64 bits per heavy atom. The number of nitrogens with zero attached hydrogens (tertiary/aromatic N) is 1. The summed E-state index contributed by atoms with van der Waals surface area (Å²) in [4.78, 5) is 27.0. The van der Waals surface area contributed by atoms with Crippen LogP contribution in [0, 0.1) is 6.92 Å². The fourth-order valence-corrected chi connectivity index (χ4v) is 4.59. The Hall–Kier alpha value is -3.75. The van der Waals surface area contributed by atoms with Gasteiger partial charge in [-0.3, -0.25) is 19.9 Å². The number of nitrogens with two attached hydrogens (primary N) is 1. The predicted octanol–water partition coefficient (Wildman–Crippen LogP) is 4.43. The van der Waals surface area contributed by atoms with Gasteiger partial charge in [0, 0.05) is 23.8 Å². The molecule has 8 heteroatoms. The number of nitrogens with one attached hydrogen (secondary N) is 2. The Morgan fingerprint density at radius 1 is 1.12 bits per heavy atom. The molecular weight excluding hydrogens is 436 g/mol. The van der Waals surface area contributed by atoms with E-state index < -0.39 is 17.9 Å². The van der Waals surface area contributed by atoms with E-state index in [4.69, 9.17) is 5.73 Å². The zero-order valence-corrected chi connectivity index (χ0v) is 18.9. The summed E-state index contributed by atoms with van der Waals surface area (Å²) in [6.45, 7) is 2.37. The van der Waals surface area contributed by atoms with Gasteiger partial charge in [0.15, 0.2) is 0 Å². The average Bonchev–Trinajstić information content (AvgIpc) is 3.20. The Labute approximate surface area is 195 Å².